The third-order valence-corrected chi connectivity index (χ3v) is 4.88. The lowest BCUT2D eigenvalue weighted by atomic mass is 10.0. The lowest BCUT2D eigenvalue weighted by Crippen LogP contribution is -1.93. The average Bonchev–Trinajstić information content (AvgIpc) is 3.03. The summed E-state index contributed by atoms with van der Waals surface area (Å²) in [4.78, 5) is 1.42. The van der Waals surface area contributed by atoms with Crippen molar-refractivity contribution in [2.24, 2.45) is 0 Å². The molecule has 3 heteroatoms. The minimum atomic E-state index is 0.900. The number of benzene rings is 2. The second-order valence-corrected chi connectivity index (χ2v) is 6.42. The van der Waals surface area contributed by atoms with Gasteiger partial charge in [-0.2, -0.15) is 0 Å². The third-order valence-electron chi connectivity index (χ3n) is 3.92. The number of ether oxygens (including phenoxy) is 2. The molecule has 0 saturated carbocycles. The molecule has 0 saturated heterocycles. The molecule has 0 radical (unpaired) electrons. The predicted octanol–water partition coefficient (Wildman–Crippen LogP) is 4.95. The molecule has 3 rings (SSSR count). The molecule has 2 nitrogen and oxygen atoms in total. The van der Waals surface area contributed by atoms with Crippen molar-refractivity contribution in [1.82, 2.24) is 0 Å². The lowest BCUT2D eigenvalue weighted by Gasteiger charge is -2.07. The van der Waals surface area contributed by atoms with Crippen LogP contribution >= 0.6 is 11.3 Å². The van der Waals surface area contributed by atoms with E-state index in [0.29, 0.717) is 0 Å². The molecule has 0 spiro atoms. The maximum Gasteiger partial charge on any atom is 0.118 e. The fourth-order valence-electron chi connectivity index (χ4n) is 2.57. The maximum atomic E-state index is 5.22. The fraction of sp³-hybridized carbons (Fsp3) is 0.200. The summed E-state index contributed by atoms with van der Waals surface area (Å²) < 4.78 is 10.4. The van der Waals surface area contributed by atoms with Crippen LogP contribution in [0.25, 0.3) is 0 Å². The summed E-state index contributed by atoms with van der Waals surface area (Å²) in [6.07, 6.45) is 1.92. The fourth-order valence-corrected chi connectivity index (χ4v) is 3.51. The number of methoxy groups -OCH3 is 2. The minimum absolute atomic E-state index is 0.900. The molecule has 0 aliphatic heterocycles. The van der Waals surface area contributed by atoms with Gasteiger partial charge in [-0.3, -0.25) is 0 Å². The first-order valence-electron chi connectivity index (χ1n) is 7.59. The Hall–Kier alpha value is -2.26. The molecule has 0 unspecified atom stereocenters. The van der Waals surface area contributed by atoms with Crippen molar-refractivity contribution in [3.8, 4) is 11.5 Å². The molecule has 0 fully saturated rings. The lowest BCUT2D eigenvalue weighted by molar-refractivity contribution is 0.414. The molecular formula is C20H20O2S. The van der Waals surface area contributed by atoms with Gasteiger partial charge in [0.05, 0.1) is 14.2 Å². The van der Waals surface area contributed by atoms with Crippen LogP contribution in [0.1, 0.15) is 21.6 Å². The molecule has 1 aromatic heterocycles. The number of hydrogen-bond acceptors (Lipinski definition) is 3. The molecule has 0 amide bonds. The second kappa shape index (κ2) is 7.34. The van der Waals surface area contributed by atoms with Gasteiger partial charge >= 0.3 is 0 Å². The van der Waals surface area contributed by atoms with Gasteiger partial charge in [0.25, 0.3) is 0 Å². The third kappa shape index (κ3) is 3.93. The molecule has 2 aromatic carbocycles. The summed E-state index contributed by atoms with van der Waals surface area (Å²) >= 11 is 1.83. The molecule has 0 N–H and O–H groups in total. The maximum absolute atomic E-state index is 5.22. The Labute approximate surface area is 141 Å². The predicted molar refractivity (Wildman–Crippen MR) is 95.9 cm³/mol. The number of rotatable bonds is 6. The van der Waals surface area contributed by atoms with Crippen molar-refractivity contribution in [1.29, 1.82) is 0 Å². The molecule has 0 aliphatic carbocycles. The summed E-state index contributed by atoms with van der Waals surface area (Å²) in [6.45, 7) is 0. The van der Waals surface area contributed by atoms with E-state index in [1.165, 1.54) is 21.6 Å². The second-order valence-electron chi connectivity index (χ2n) is 5.42. The van der Waals surface area contributed by atoms with E-state index in [-0.39, 0.29) is 0 Å². The highest BCUT2D eigenvalue weighted by Gasteiger charge is 2.07. The standard InChI is InChI=1S/C20H20O2S/c1-21-18-7-3-15(4-8-18)13-17-11-12-23-20(17)14-16-5-9-19(22-2)10-6-16/h3-12H,13-14H2,1-2H3. The van der Waals surface area contributed by atoms with Crippen LogP contribution in [0.15, 0.2) is 60.0 Å². The highest BCUT2D eigenvalue weighted by Crippen LogP contribution is 2.25. The smallest absolute Gasteiger partial charge is 0.118 e. The van der Waals surface area contributed by atoms with Crippen LogP contribution in [0.2, 0.25) is 0 Å². The molecule has 0 bridgehead atoms. The first kappa shape index (κ1) is 15.6. The summed E-state index contributed by atoms with van der Waals surface area (Å²) in [5.74, 6) is 1.80. The van der Waals surface area contributed by atoms with Crippen LogP contribution in [-0.2, 0) is 12.8 Å². The first-order valence-corrected chi connectivity index (χ1v) is 8.47. The van der Waals surface area contributed by atoms with E-state index in [1.807, 2.05) is 35.6 Å². The van der Waals surface area contributed by atoms with Crippen molar-refractivity contribution in [2.45, 2.75) is 12.8 Å². The highest BCUT2D eigenvalue weighted by atomic mass is 32.1. The zero-order valence-electron chi connectivity index (χ0n) is 13.4. The Bertz CT molecular complexity index is 678. The van der Waals surface area contributed by atoms with Gasteiger partial charge in [0.1, 0.15) is 11.5 Å². The van der Waals surface area contributed by atoms with Gasteiger partial charge in [0, 0.05) is 11.3 Å². The van der Waals surface area contributed by atoms with Crippen molar-refractivity contribution >= 4 is 11.3 Å². The topological polar surface area (TPSA) is 18.5 Å². The molecule has 23 heavy (non-hydrogen) atoms. The van der Waals surface area contributed by atoms with E-state index in [4.69, 9.17) is 9.47 Å². The SMILES string of the molecule is COc1ccc(Cc2ccsc2Cc2ccc(OC)cc2)cc1. The van der Waals surface area contributed by atoms with Crippen molar-refractivity contribution < 1.29 is 9.47 Å². The van der Waals surface area contributed by atoms with Gasteiger partial charge < -0.3 is 9.47 Å². The van der Waals surface area contributed by atoms with Gasteiger partial charge in [-0.1, -0.05) is 24.3 Å². The minimum Gasteiger partial charge on any atom is -0.497 e. The molecule has 0 atom stereocenters. The Balaban J connectivity index is 1.73. The van der Waals surface area contributed by atoms with E-state index in [0.717, 1.165) is 24.3 Å². The van der Waals surface area contributed by atoms with Crippen LogP contribution in [0, 0.1) is 0 Å². The van der Waals surface area contributed by atoms with Crippen molar-refractivity contribution in [2.75, 3.05) is 14.2 Å². The Morgan fingerprint density at radius 1 is 0.696 bits per heavy atom. The van der Waals surface area contributed by atoms with Gasteiger partial charge in [-0.25, -0.2) is 0 Å². The Morgan fingerprint density at radius 3 is 1.74 bits per heavy atom. The van der Waals surface area contributed by atoms with Gasteiger partial charge in [-0.15, -0.1) is 11.3 Å². The van der Waals surface area contributed by atoms with Crippen LogP contribution in [0.3, 0.4) is 0 Å². The zero-order valence-corrected chi connectivity index (χ0v) is 14.2. The zero-order chi connectivity index (χ0) is 16.1. The van der Waals surface area contributed by atoms with Crippen molar-refractivity contribution in [3.63, 3.8) is 0 Å². The van der Waals surface area contributed by atoms with E-state index in [9.17, 15) is 0 Å². The highest BCUT2D eigenvalue weighted by molar-refractivity contribution is 7.10. The van der Waals surface area contributed by atoms with Gasteiger partial charge in [0.2, 0.25) is 0 Å². The summed E-state index contributed by atoms with van der Waals surface area (Å²) in [7, 11) is 3.39. The Morgan fingerprint density at radius 2 is 1.22 bits per heavy atom. The molecule has 1 heterocycles. The summed E-state index contributed by atoms with van der Waals surface area (Å²) in [5, 5.41) is 2.18. The van der Waals surface area contributed by atoms with Crippen LogP contribution in [0.4, 0.5) is 0 Å². The largest absolute Gasteiger partial charge is 0.497 e. The summed E-state index contributed by atoms with van der Waals surface area (Å²) in [6, 6.07) is 18.8. The first-order chi connectivity index (χ1) is 11.3. The van der Waals surface area contributed by atoms with Gasteiger partial charge in [-0.05, 0) is 58.8 Å². The molecular weight excluding hydrogens is 304 g/mol. The average molecular weight is 324 g/mol. The van der Waals surface area contributed by atoms with E-state index in [1.54, 1.807) is 14.2 Å². The molecule has 0 aliphatic rings. The Kier molecular flexibility index (Phi) is 4.99. The van der Waals surface area contributed by atoms with Crippen LogP contribution < -0.4 is 9.47 Å². The summed E-state index contributed by atoms with van der Waals surface area (Å²) in [5.41, 5.74) is 4.01. The monoisotopic (exact) mass is 324 g/mol. The van der Waals surface area contributed by atoms with Gasteiger partial charge in [0.15, 0.2) is 0 Å². The van der Waals surface area contributed by atoms with Crippen LogP contribution in [-0.4, -0.2) is 14.2 Å². The van der Waals surface area contributed by atoms with E-state index in [2.05, 4.69) is 35.7 Å². The molecule has 3 aromatic rings. The quantitative estimate of drug-likeness (QED) is 0.639. The number of hydrogen-bond donors (Lipinski definition) is 0. The van der Waals surface area contributed by atoms with Crippen LogP contribution in [0.5, 0.6) is 11.5 Å². The van der Waals surface area contributed by atoms with Crippen molar-refractivity contribution in [3.05, 3.63) is 81.5 Å². The normalized spacial score (nSPS) is 10.5. The molecule has 118 valence electrons. The number of thiophene rings is 1. The van der Waals surface area contributed by atoms with E-state index < -0.39 is 0 Å². The van der Waals surface area contributed by atoms with E-state index >= 15 is 0 Å².